The molecule has 2 aliphatic rings. The second-order valence-corrected chi connectivity index (χ2v) is 17.2. The van der Waals surface area contributed by atoms with Crippen molar-refractivity contribution in [3.8, 4) is 34.4 Å². The molecule has 0 saturated carbocycles. The highest BCUT2D eigenvalue weighted by Crippen LogP contribution is 2.37. The van der Waals surface area contributed by atoms with Gasteiger partial charge in [-0.1, -0.05) is 23.5 Å². The molecule has 8 aromatic heterocycles. The summed E-state index contributed by atoms with van der Waals surface area (Å²) in [5, 5.41) is 42.6. The molecule has 0 unspecified atom stereocenters. The van der Waals surface area contributed by atoms with Crippen LogP contribution in [0.5, 0.6) is 0 Å². The highest BCUT2D eigenvalue weighted by molar-refractivity contribution is 7.99. The topological polar surface area (TPSA) is 159 Å². The molecule has 10 heterocycles. The summed E-state index contributed by atoms with van der Waals surface area (Å²) in [6.45, 7) is 4.25. The Kier molecular flexibility index (Phi) is 10.3. The Morgan fingerprint density at radius 3 is 1.92 bits per heavy atom. The monoisotopic (exact) mass is 833 g/mol. The van der Waals surface area contributed by atoms with Gasteiger partial charge in [-0.05, 0) is 75.2 Å². The molecule has 0 radical (unpaired) electrons. The first-order chi connectivity index (χ1) is 29.5. The lowest BCUT2D eigenvalue weighted by Gasteiger charge is -2.22. The van der Waals surface area contributed by atoms with Crippen LogP contribution in [0.25, 0.3) is 33.3 Å². The van der Waals surface area contributed by atoms with Crippen LogP contribution in [0.4, 0.5) is 4.39 Å². The minimum Gasteiger partial charge on any atom is -0.315 e. The maximum Gasteiger partial charge on any atom is 0.214 e. The van der Waals surface area contributed by atoms with E-state index in [0.717, 1.165) is 106 Å². The minimum atomic E-state index is -0.411. The average Bonchev–Trinajstić information content (AvgIpc) is 4.12. The zero-order valence-electron chi connectivity index (χ0n) is 32.3. The molecule has 0 bridgehead atoms. The van der Waals surface area contributed by atoms with Crippen molar-refractivity contribution in [1.82, 2.24) is 54.3 Å². The van der Waals surface area contributed by atoms with Gasteiger partial charge >= 0.3 is 0 Å². The van der Waals surface area contributed by atoms with E-state index >= 15 is 0 Å². The van der Waals surface area contributed by atoms with Crippen LogP contribution in [-0.4, -0.2) is 69.8 Å². The number of aromatic nitrogens is 10. The Morgan fingerprint density at radius 1 is 0.700 bits per heavy atom. The molecule has 17 heteroatoms. The maximum absolute atomic E-state index is 13.8. The minimum absolute atomic E-state index is 0.279. The molecule has 2 atom stereocenters. The molecule has 14 nitrogen and oxygen atoms in total. The van der Waals surface area contributed by atoms with Crippen LogP contribution in [0.15, 0.2) is 118 Å². The van der Waals surface area contributed by atoms with E-state index in [1.165, 1.54) is 35.8 Å². The number of pyridine rings is 4. The molecular formula is C43H38FN14S2+. The van der Waals surface area contributed by atoms with Crippen molar-refractivity contribution in [2.24, 2.45) is 0 Å². The third-order valence-electron chi connectivity index (χ3n) is 11.1. The van der Waals surface area contributed by atoms with Crippen LogP contribution in [0, 0.1) is 28.5 Å². The molecule has 2 aliphatic heterocycles. The molecule has 60 heavy (non-hydrogen) atoms. The van der Waals surface area contributed by atoms with Gasteiger partial charge in [0.25, 0.3) is 0 Å². The summed E-state index contributed by atoms with van der Waals surface area (Å²) in [4.78, 5) is 10.8. The molecular weight excluding hydrogens is 796 g/mol. The molecule has 0 aromatic carbocycles. The highest BCUT2D eigenvalue weighted by Gasteiger charge is 2.24. The molecule has 0 aliphatic carbocycles. The number of halogens is 1. The Morgan fingerprint density at radius 2 is 1.33 bits per heavy atom. The Bertz CT molecular complexity index is 2920. The second-order valence-electron chi connectivity index (χ2n) is 15.0. The lowest BCUT2D eigenvalue weighted by Crippen LogP contribution is -2.39. The van der Waals surface area contributed by atoms with Crippen molar-refractivity contribution in [2.45, 2.75) is 64.2 Å². The lowest BCUT2D eigenvalue weighted by atomic mass is 10.1. The molecule has 10 rings (SSSR count). The number of hydrogen-bond donors (Lipinski definition) is 2. The van der Waals surface area contributed by atoms with Gasteiger partial charge in [0, 0.05) is 75.5 Å². The van der Waals surface area contributed by atoms with E-state index in [1.807, 2.05) is 67.9 Å². The summed E-state index contributed by atoms with van der Waals surface area (Å²) in [6.07, 6.45) is 22.8. The number of rotatable bonds is 10. The van der Waals surface area contributed by atoms with E-state index in [4.69, 9.17) is 15.2 Å². The molecule has 0 amide bonds. The van der Waals surface area contributed by atoms with Crippen LogP contribution >= 0.6 is 23.5 Å². The van der Waals surface area contributed by atoms with Gasteiger partial charge in [-0.15, -0.1) is 9.20 Å². The fourth-order valence-electron chi connectivity index (χ4n) is 8.02. The van der Waals surface area contributed by atoms with Crippen molar-refractivity contribution in [3.05, 3.63) is 121 Å². The van der Waals surface area contributed by atoms with Crippen LogP contribution in [-0.2, 0) is 6.54 Å². The fraction of sp³-hybridized carbons (Fsp3) is 0.256. The molecule has 8 aromatic rings. The lowest BCUT2D eigenvalue weighted by molar-refractivity contribution is -0.752. The van der Waals surface area contributed by atoms with Gasteiger partial charge in [-0.2, -0.15) is 25.8 Å². The van der Waals surface area contributed by atoms with Gasteiger partial charge in [0.05, 0.1) is 54.1 Å². The van der Waals surface area contributed by atoms with Crippen LogP contribution in [0.3, 0.4) is 0 Å². The smallest absolute Gasteiger partial charge is 0.214 e. The first-order valence-electron chi connectivity index (χ1n) is 19.8. The summed E-state index contributed by atoms with van der Waals surface area (Å²) in [6, 6.07) is 16.4. The zero-order chi connectivity index (χ0) is 40.6. The predicted octanol–water partition coefficient (Wildman–Crippen LogP) is 6.47. The van der Waals surface area contributed by atoms with Crippen molar-refractivity contribution in [1.29, 1.82) is 10.5 Å². The van der Waals surface area contributed by atoms with Crippen LogP contribution < -0.4 is 15.3 Å². The summed E-state index contributed by atoms with van der Waals surface area (Å²) in [5.74, 6) is -0.411. The van der Waals surface area contributed by atoms with Gasteiger partial charge in [0.1, 0.15) is 39.1 Å². The van der Waals surface area contributed by atoms with E-state index in [0.29, 0.717) is 28.7 Å². The third-order valence-corrected chi connectivity index (χ3v) is 13.0. The van der Waals surface area contributed by atoms with Crippen molar-refractivity contribution in [2.75, 3.05) is 26.2 Å². The Hall–Kier alpha value is -6.37. The zero-order valence-corrected chi connectivity index (χ0v) is 34.0. The van der Waals surface area contributed by atoms with Crippen LogP contribution in [0.2, 0.25) is 0 Å². The first kappa shape index (κ1) is 37.9. The molecule has 0 spiro atoms. The second kappa shape index (κ2) is 16.4. The standard InChI is InChI=1S/C43H38FN14S2/c44-35-6-8-41(50-19-35)60-39-12-30(34-18-52-56(26-34)37-4-2-10-48-21-37)27-58-43(39)32(14-46)23-54(58)22-28-5-7-40(49-15-28)59-38-11-29(24-57-42(38)31(13-45)16-53-57)33-17-51-55(25-33)36-3-1-9-47-20-36/h5-8,11-12,15-19,23-27,36-37,47-48H,1-4,9-10,20-22H2/q+1/t36-,37-/m0/s1. The number of hydrogen-bond acceptors (Lipinski definition) is 11. The average molecular weight is 834 g/mol. The maximum atomic E-state index is 13.8. The molecule has 298 valence electrons. The van der Waals surface area contributed by atoms with E-state index in [9.17, 15) is 14.9 Å². The van der Waals surface area contributed by atoms with Crippen molar-refractivity contribution >= 4 is 34.6 Å². The normalized spacial score (nSPS) is 16.9. The molecule has 2 fully saturated rings. The number of fused-ring (bicyclic) bond motifs is 2. The summed E-state index contributed by atoms with van der Waals surface area (Å²) in [7, 11) is 0. The first-order valence-corrected chi connectivity index (χ1v) is 21.5. The molecule has 2 N–H and O–H groups in total. The number of nitrogens with zero attached hydrogens (tertiary/aromatic N) is 12. The summed E-state index contributed by atoms with van der Waals surface area (Å²) in [5.41, 5.74) is 7.14. The quantitative estimate of drug-likeness (QED) is 0.146. The Labute approximate surface area is 352 Å². The van der Waals surface area contributed by atoms with E-state index in [1.54, 1.807) is 16.8 Å². The SMILES string of the molecule is N#Cc1cnn2cc(-c3cnn([C@H]4CCCNC4)c3)cc(Sc3ccc(C[n+]4cc(C#N)c5c(Sc6ccc(F)cn6)cc(-c6cnn([C@H]7CCCNC7)c6)cn54)cn3)c12. The number of nitriles is 2. The van der Waals surface area contributed by atoms with E-state index in [2.05, 4.69) is 57.4 Å². The van der Waals surface area contributed by atoms with E-state index < -0.39 is 5.82 Å². The van der Waals surface area contributed by atoms with Crippen molar-refractivity contribution < 1.29 is 9.07 Å². The number of nitrogens with one attached hydrogen (secondary N) is 2. The van der Waals surface area contributed by atoms with Gasteiger partial charge in [-0.3, -0.25) is 9.36 Å². The van der Waals surface area contributed by atoms with Crippen LogP contribution in [0.1, 0.15) is 54.5 Å². The van der Waals surface area contributed by atoms with Crippen molar-refractivity contribution in [3.63, 3.8) is 0 Å². The fourth-order valence-corrected chi connectivity index (χ4v) is 9.93. The summed E-state index contributed by atoms with van der Waals surface area (Å²) >= 11 is 2.86. The Balaban J connectivity index is 0.964. The van der Waals surface area contributed by atoms with Gasteiger partial charge in [0.15, 0.2) is 6.54 Å². The predicted molar refractivity (Wildman–Crippen MR) is 223 cm³/mol. The third kappa shape index (κ3) is 7.52. The summed E-state index contributed by atoms with van der Waals surface area (Å²) < 4.78 is 23.7. The largest absolute Gasteiger partial charge is 0.315 e. The number of piperidine rings is 2. The van der Waals surface area contributed by atoms with Gasteiger partial charge in [0.2, 0.25) is 6.20 Å². The highest BCUT2D eigenvalue weighted by atomic mass is 32.2. The molecule has 2 saturated heterocycles. The van der Waals surface area contributed by atoms with Gasteiger partial charge in [-0.25, -0.2) is 18.9 Å². The van der Waals surface area contributed by atoms with E-state index in [-0.39, 0.29) is 6.04 Å². The van der Waals surface area contributed by atoms with Gasteiger partial charge < -0.3 is 10.6 Å².